The maximum atomic E-state index is 13.1. The van der Waals surface area contributed by atoms with E-state index in [0.29, 0.717) is 21.9 Å². The van der Waals surface area contributed by atoms with E-state index >= 15 is 0 Å². The van der Waals surface area contributed by atoms with Crippen LogP contribution in [0.5, 0.6) is 17.2 Å². The molecular weight excluding hydrogens is 479 g/mol. The summed E-state index contributed by atoms with van der Waals surface area (Å²) in [5.41, 5.74) is 1.12. The summed E-state index contributed by atoms with van der Waals surface area (Å²) >= 11 is 9.30. The first kappa shape index (κ1) is 21.3. The highest BCUT2D eigenvalue weighted by molar-refractivity contribution is 9.09. The maximum Gasteiger partial charge on any atom is 0.573 e. The van der Waals surface area contributed by atoms with Crippen molar-refractivity contribution < 1.29 is 32.2 Å². The molecule has 0 aliphatic heterocycles. The lowest BCUT2D eigenvalue weighted by Crippen LogP contribution is -2.17. The maximum absolute atomic E-state index is 13.1. The molecule has 1 atom stereocenters. The Morgan fingerprint density at radius 1 is 1.10 bits per heavy atom. The number of rotatable bonds is 6. The summed E-state index contributed by atoms with van der Waals surface area (Å²) in [5, 5.41) is 0.693. The number of ketones is 1. The van der Waals surface area contributed by atoms with E-state index in [2.05, 4.69) is 25.7 Å². The minimum Gasteiger partial charge on any atom is -0.496 e. The number of fused-ring (bicyclic) bond motifs is 1. The SMILES string of the molecule is COc1cc2[nH]cc(C(=O)C(Br)c3ccc(Cl)cc3OC)c2cc1OC(F)(F)F. The number of hydrogen-bond acceptors (Lipinski definition) is 4. The van der Waals surface area contributed by atoms with E-state index < -0.39 is 16.9 Å². The average Bonchev–Trinajstić information content (AvgIpc) is 3.07. The lowest BCUT2D eigenvalue weighted by Gasteiger charge is -2.15. The Balaban J connectivity index is 2.05. The van der Waals surface area contributed by atoms with Crippen LogP contribution in [-0.4, -0.2) is 31.3 Å². The van der Waals surface area contributed by atoms with E-state index in [1.54, 1.807) is 18.2 Å². The number of alkyl halides is 4. The first-order valence-corrected chi connectivity index (χ1v) is 9.40. The van der Waals surface area contributed by atoms with Crippen molar-refractivity contribution in [1.29, 1.82) is 0 Å². The Kier molecular flexibility index (Phi) is 6.00. The summed E-state index contributed by atoms with van der Waals surface area (Å²) in [4.78, 5) is 15.1. The van der Waals surface area contributed by atoms with Crippen LogP contribution in [0.25, 0.3) is 10.9 Å². The molecule has 0 spiro atoms. The molecule has 0 saturated heterocycles. The first-order valence-electron chi connectivity index (χ1n) is 8.11. The summed E-state index contributed by atoms with van der Waals surface area (Å²) in [6.45, 7) is 0. The summed E-state index contributed by atoms with van der Waals surface area (Å²) < 4.78 is 52.4. The van der Waals surface area contributed by atoms with E-state index in [1.165, 1.54) is 26.5 Å². The van der Waals surface area contributed by atoms with Gasteiger partial charge in [0.2, 0.25) is 0 Å². The zero-order chi connectivity index (χ0) is 21.3. The fourth-order valence-electron chi connectivity index (χ4n) is 2.87. The smallest absolute Gasteiger partial charge is 0.496 e. The molecule has 3 rings (SSSR count). The minimum absolute atomic E-state index is 0.120. The van der Waals surface area contributed by atoms with Gasteiger partial charge in [-0.15, -0.1) is 13.2 Å². The normalized spacial score (nSPS) is 12.7. The van der Waals surface area contributed by atoms with Gasteiger partial charge >= 0.3 is 6.36 Å². The van der Waals surface area contributed by atoms with E-state index in [9.17, 15) is 18.0 Å². The summed E-state index contributed by atoms with van der Waals surface area (Å²) in [5.74, 6) is -0.655. The number of methoxy groups -OCH3 is 2. The fraction of sp³-hybridized carbons (Fsp3) is 0.211. The van der Waals surface area contributed by atoms with Gasteiger partial charge < -0.3 is 19.2 Å². The second kappa shape index (κ2) is 8.16. The highest BCUT2D eigenvalue weighted by Crippen LogP contribution is 2.40. The Morgan fingerprint density at radius 2 is 1.79 bits per heavy atom. The number of H-pyrrole nitrogens is 1. The molecule has 1 unspecified atom stereocenters. The molecule has 3 aromatic rings. The number of aromatic amines is 1. The van der Waals surface area contributed by atoms with Gasteiger partial charge in [0.1, 0.15) is 10.6 Å². The van der Waals surface area contributed by atoms with Crippen LogP contribution in [0.3, 0.4) is 0 Å². The highest BCUT2D eigenvalue weighted by Gasteiger charge is 2.33. The Hall–Kier alpha value is -2.39. The number of halogens is 5. The average molecular weight is 493 g/mol. The molecule has 0 aliphatic carbocycles. The summed E-state index contributed by atoms with van der Waals surface area (Å²) in [7, 11) is 2.67. The Labute approximate surface area is 176 Å². The third-order valence-electron chi connectivity index (χ3n) is 4.16. The van der Waals surface area contributed by atoms with Gasteiger partial charge in [0.25, 0.3) is 0 Å². The predicted molar refractivity (Wildman–Crippen MR) is 106 cm³/mol. The van der Waals surface area contributed by atoms with Gasteiger partial charge in [0.05, 0.1) is 19.7 Å². The number of hydrogen-bond donors (Lipinski definition) is 1. The zero-order valence-electron chi connectivity index (χ0n) is 15.1. The number of Topliss-reactive ketones (excluding diaryl/α,β-unsaturated/α-hetero) is 1. The van der Waals surface area contributed by atoms with E-state index in [4.69, 9.17) is 21.1 Å². The number of benzene rings is 2. The van der Waals surface area contributed by atoms with Crippen molar-refractivity contribution in [3.8, 4) is 17.2 Å². The number of ether oxygens (including phenoxy) is 3. The first-order chi connectivity index (χ1) is 13.6. The standard InChI is InChI=1S/C19H14BrClF3NO4/c1-27-14-5-9(21)3-4-10(14)17(20)18(26)12-8-25-13-7-15(28-2)16(6-11(12)13)29-19(22,23)24/h3-8,17,25H,1-2H3. The van der Waals surface area contributed by atoms with Crippen LogP contribution in [0, 0.1) is 0 Å². The van der Waals surface area contributed by atoms with Gasteiger partial charge in [-0.1, -0.05) is 33.6 Å². The fourth-order valence-corrected chi connectivity index (χ4v) is 3.66. The number of carbonyl (C=O) groups excluding carboxylic acids is 1. The van der Waals surface area contributed by atoms with Gasteiger partial charge in [0.15, 0.2) is 17.3 Å². The molecule has 1 heterocycles. The van der Waals surface area contributed by atoms with Crippen LogP contribution in [0.4, 0.5) is 13.2 Å². The molecule has 1 aromatic heterocycles. The minimum atomic E-state index is -4.91. The molecule has 0 aliphatic rings. The van der Waals surface area contributed by atoms with Crippen molar-refractivity contribution in [3.05, 3.63) is 52.7 Å². The van der Waals surface area contributed by atoms with Crippen LogP contribution in [0.2, 0.25) is 5.02 Å². The highest BCUT2D eigenvalue weighted by atomic mass is 79.9. The van der Waals surface area contributed by atoms with Crippen LogP contribution in [0.15, 0.2) is 36.5 Å². The van der Waals surface area contributed by atoms with E-state index in [-0.39, 0.29) is 22.5 Å². The molecule has 5 nitrogen and oxygen atoms in total. The molecule has 0 bridgehead atoms. The van der Waals surface area contributed by atoms with Gasteiger partial charge in [-0.3, -0.25) is 4.79 Å². The third kappa shape index (κ3) is 4.45. The molecule has 2 aromatic carbocycles. The van der Waals surface area contributed by atoms with Gasteiger partial charge in [0, 0.05) is 33.8 Å². The quantitative estimate of drug-likeness (QED) is 0.336. The third-order valence-corrected chi connectivity index (χ3v) is 5.30. The van der Waals surface area contributed by atoms with Crippen LogP contribution in [0.1, 0.15) is 20.7 Å². The molecule has 0 radical (unpaired) electrons. The molecule has 0 amide bonds. The topological polar surface area (TPSA) is 60.6 Å². The van der Waals surface area contributed by atoms with Crippen molar-refractivity contribution >= 4 is 44.2 Å². The van der Waals surface area contributed by atoms with Crippen molar-refractivity contribution in [1.82, 2.24) is 4.98 Å². The van der Waals surface area contributed by atoms with Crippen molar-refractivity contribution in [3.63, 3.8) is 0 Å². The van der Waals surface area contributed by atoms with Crippen LogP contribution >= 0.6 is 27.5 Å². The van der Waals surface area contributed by atoms with Gasteiger partial charge in [-0.2, -0.15) is 0 Å². The van der Waals surface area contributed by atoms with Gasteiger partial charge in [-0.05, 0) is 18.2 Å². The van der Waals surface area contributed by atoms with Crippen LogP contribution in [-0.2, 0) is 0 Å². The molecule has 29 heavy (non-hydrogen) atoms. The second-order valence-electron chi connectivity index (χ2n) is 5.91. The van der Waals surface area contributed by atoms with Crippen molar-refractivity contribution in [2.24, 2.45) is 0 Å². The Bertz CT molecular complexity index is 1070. The molecule has 1 N–H and O–H groups in total. The van der Waals surface area contributed by atoms with Crippen molar-refractivity contribution in [2.75, 3.05) is 14.2 Å². The Morgan fingerprint density at radius 3 is 2.41 bits per heavy atom. The zero-order valence-corrected chi connectivity index (χ0v) is 17.4. The van der Waals surface area contributed by atoms with E-state index in [1.807, 2.05) is 0 Å². The van der Waals surface area contributed by atoms with E-state index in [0.717, 1.165) is 6.07 Å². The second-order valence-corrected chi connectivity index (χ2v) is 7.26. The van der Waals surface area contributed by atoms with Crippen LogP contribution < -0.4 is 14.2 Å². The summed E-state index contributed by atoms with van der Waals surface area (Å²) in [6, 6.07) is 7.25. The lowest BCUT2D eigenvalue weighted by atomic mass is 10.0. The molecule has 0 fully saturated rings. The molecular formula is C19H14BrClF3NO4. The monoisotopic (exact) mass is 491 g/mol. The molecule has 0 saturated carbocycles. The predicted octanol–water partition coefficient (Wildman–Crippen LogP) is 6.06. The largest absolute Gasteiger partial charge is 0.573 e. The number of nitrogens with one attached hydrogen (secondary N) is 1. The lowest BCUT2D eigenvalue weighted by molar-refractivity contribution is -0.275. The number of carbonyl (C=O) groups is 1. The van der Waals surface area contributed by atoms with Gasteiger partial charge in [-0.25, -0.2) is 0 Å². The van der Waals surface area contributed by atoms with Crippen molar-refractivity contribution in [2.45, 2.75) is 11.2 Å². The number of aromatic nitrogens is 1. The molecule has 154 valence electrons. The molecule has 10 heteroatoms. The summed E-state index contributed by atoms with van der Waals surface area (Å²) in [6.07, 6.45) is -3.49.